The van der Waals surface area contributed by atoms with Gasteiger partial charge in [0.05, 0.1) is 12.1 Å². The van der Waals surface area contributed by atoms with Gasteiger partial charge in [0.2, 0.25) is 5.88 Å². The number of ether oxygens (including phenoxy) is 2. The fraction of sp³-hybridized carbons (Fsp3) is 0.600. The molecule has 0 saturated carbocycles. The Morgan fingerprint density at radius 3 is 2.58 bits per heavy atom. The lowest BCUT2D eigenvalue weighted by Gasteiger charge is -2.24. The van der Waals surface area contributed by atoms with Crippen molar-refractivity contribution in [3.05, 3.63) is 22.8 Å². The molecule has 0 radical (unpaired) electrons. The quantitative estimate of drug-likeness (QED) is 0.789. The third-order valence-corrected chi connectivity index (χ3v) is 3.48. The van der Waals surface area contributed by atoms with E-state index in [1.165, 1.54) is 4.90 Å². The van der Waals surface area contributed by atoms with E-state index in [1.807, 2.05) is 0 Å². The molecular weight excluding hydrogens is 349 g/mol. The Labute approximate surface area is 142 Å². The van der Waals surface area contributed by atoms with Crippen LogP contribution in [0.3, 0.4) is 0 Å². The van der Waals surface area contributed by atoms with E-state index in [1.54, 1.807) is 20.8 Å². The monoisotopic (exact) mass is 366 g/mol. The SMILES string of the molecule is CC(C)(C)OC(=O)N1CCC(Oc2ncc(C(F)(F)F)cc2Cl)C1. The summed E-state index contributed by atoms with van der Waals surface area (Å²) in [6.45, 7) is 5.98. The average Bonchev–Trinajstić information content (AvgIpc) is 2.86. The smallest absolute Gasteiger partial charge is 0.417 e. The second-order valence-corrected chi connectivity index (χ2v) is 6.87. The van der Waals surface area contributed by atoms with Crippen molar-refractivity contribution in [1.29, 1.82) is 0 Å². The molecule has 1 aliphatic heterocycles. The van der Waals surface area contributed by atoms with Gasteiger partial charge in [-0.05, 0) is 26.8 Å². The number of hydrogen-bond acceptors (Lipinski definition) is 4. The molecule has 1 aromatic rings. The van der Waals surface area contributed by atoms with E-state index in [-0.39, 0.29) is 17.4 Å². The molecule has 9 heteroatoms. The summed E-state index contributed by atoms with van der Waals surface area (Å²) >= 11 is 5.81. The van der Waals surface area contributed by atoms with Crippen molar-refractivity contribution in [3.63, 3.8) is 0 Å². The molecule has 1 saturated heterocycles. The minimum atomic E-state index is -4.52. The van der Waals surface area contributed by atoms with Gasteiger partial charge in [-0.1, -0.05) is 11.6 Å². The predicted octanol–water partition coefficient (Wildman–Crippen LogP) is 4.14. The normalized spacial score (nSPS) is 18.6. The highest BCUT2D eigenvalue weighted by Gasteiger charge is 2.33. The largest absolute Gasteiger partial charge is 0.471 e. The summed E-state index contributed by atoms with van der Waals surface area (Å²) in [5, 5.41) is -0.222. The highest BCUT2D eigenvalue weighted by molar-refractivity contribution is 6.31. The molecule has 24 heavy (non-hydrogen) atoms. The van der Waals surface area contributed by atoms with E-state index in [2.05, 4.69) is 4.98 Å². The number of amides is 1. The zero-order chi connectivity index (χ0) is 18.1. The summed E-state index contributed by atoms with van der Waals surface area (Å²) in [4.78, 5) is 17.1. The number of aromatic nitrogens is 1. The van der Waals surface area contributed by atoms with E-state index in [0.29, 0.717) is 19.2 Å². The molecule has 2 heterocycles. The third kappa shape index (κ3) is 4.90. The molecule has 0 aromatic carbocycles. The number of alkyl halides is 3. The minimum Gasteiger partial charge on any atom is -0.471 e. The van der Waals surface area contributed by atoms with Crippen LogP contribution in [0.1, 0.15) is 32.8 Å². The zero-order valence-electron chi connectivity index (χ0n) is 13.5. The van der Waals surface area contributed by atoms with Gasteiger partial charge in [-0.2, -0.15) is 13.2 Å². The van der Waals surface area contributed by atoms with Gasteiger partial charge in [-0.3, -0.25) is 0 Å². The summed E-state index contributed by atoms with van der Waals surface area (Å²) in [5.74, 6) is -0.0827. The standard InChI is InChI=1S/C15H18ClF3N2O3/c1-14(2,3)24-13(22)21-5-4-10(8-21)23-12-11(16)6-9(7-20-12)15(17,18)19/h6-7,10H,4-5,8H2,1-3H3. The van der Waals surface area contributed by atoms with Crippen molar-refractivity contribution < 1.29 is 27.4 Å². The summed E-state index contributed by atoms with van der Waals surface area (Å²) in [6.07, 6.45) is -4.20. The van der Waals surface area contributed by atoms with Gasteiger partial charge in [-0.15, -0.1) is 0 Å². The van der Waals surface area contributed by atoms with E-state index >= 15 is 0 Å². The lowest BCUT2D eigenvalue weighted by Crippen LogP contribution is -2.36. The Balaban J connectivity index is 1.97. The second kappa shape index (κ2) is 6.66. The summed E-state index contributed by atoms with van der Waals surface area (Å²) in [6, 6.07) is 0.768. The number of nitrogens with zero attached hydrogens (tertiary/aromatic N) is 2. The lowest BCUT2D eigenvalue weighted by molar-refractivity contribution is -0.137. The molecule has 5 nitrogen and oxygen atoms in total. The molecule has 134 valence electrons. The topological polar surface area (TPSA) is 51.7 Å². The van der Waals surface area contributed by atoms with Gasteiger partial charge in [0, 0.05) is 19.2 Å². The number of pyridine rings is 1. The Morgan fingerprint density at radius 1 is 1.38 bits per heavy atom. The zero-order valence-corrected chi connectivity index (χ0v) is 14.2. The van der Waals surface area contributed by atoms with Crippen molar-refractivity contribution in [2.75, 3.05) is 13.1 Å². The van der Waals surface area contributed by atoms with Gasteiger partial charge in [0.15, 0.2) is 0 Å². The maximum atomic E-state index is 12.6. The van der Waals surface area contributed by atoms with Crippen LogP contribution in [-0.4, -0.2) is 40.8 Å². The van der Waals surface area contributed by atoms with Gasteiger partial charge in [0.1, 0.15) is 16.7 Å². The van der Waals surface area contributed by atoms with Gasteiger partial charge in [-0.25, -0.2) is 9.78 Å². The summed E-state index contributed by atoms with van der Waals surface area (Å²) in [7, 11) is 0. The number of halogens is 4. The van der Waals surface area contributed by atoms with Gasteiger partial charge in [0.25, 0.3) is 0 Å². The van der Waals surface area contributed by atoms with Crippen molar-refractivity contribution in [1.82, 2.24) is 9.88 Å². The summed E-state index contributed by atoms with van der Waals surface area (Å²) in [5.41, 5.74) is -1.55. The first kappa shape index (κ1) is 18.6. The van der Waals surface area contributed by atoms with Crippen LogP contribution in [0.15, 0.2) is 12.3 Å². The minimum absolute atomic E-state index is 0.0827. The molecule has 2 rings (SSSR count). The fourth-order valence-electron chi connectivity index (χ4n) is 2.14. The van der Waals surface area contributed by atoms with Crippen molar-refractivity contribution in [2.24, 2.45) is 0 Å². The molecule has 1 atom stereocenters. The second-order valence-electron chi connectivity index (χ2n) is 6.46. The van der Waals surface area contributed by atoms with Crippen molar-refractivity contribution in [3.8, 4) is 5.88 Å². The molecule has 0 spiro atoms. The Bertz CT molecular complexity index is 617. The van der Waals surface area contributed by atoms with Crippen LogP contribution in [0.5, 0.6) is 5.88 Å². The first-order valence-corrected chi connectivity index (χ1v) is 7.71. The molecule has 0 N–H and O–H groups in total. The van der Waals surface area contributed by atoms with Crippen LogP contribution in [0.2, 0.25) is 5.02 Å². The summed E-state index contributed by atoms with van der Waals surface area (Å²) < 4.78 is 48.5. The van der Waals surface area contributed by atoms with Crippen LogP contribution in [0, 0.1) is 0 Å². The van der Waals surface area contributed by atoms with Crippen LogP contribution in [-0.2, 0) is 10.9 Å². The average molecular weight is 367 g/mol. The Hall–Kier alpha value is -1.70. The molecule has 1 fully saturated rings. The van der Waals surface area contributed by atoms with Crippen LogP contribution in [0.25, 0.3) is 0 Å². The Morgan fingerprint density at radius 2 is 2.04 bits per heavy atom. The maximum absolute atomic E-state index is 12.6. The number of rotatable bonds is 2. The van der Waals surface area contributed by atoms with Crippen molar-refractivity contribution >= 4 is 17.7 Å². The number of hydrogen-bond donors (Lipinski definition) is 0. The molecule has 0 bridgehead atoms. The molecule has 1 aliphatic rings. The van der Waals surface area contributed by atoms with Crippen molar-refractivity contribution in [2.45, 2.75) is 45.1 Å². The third-order valence-electron chi connectivity index (χ3n) is 3.21. The molecule has 1 amide bonds. The first-order valence-electron chi connectivity index (χ1n) is 7.33. The van der Waals surface area contributed by atoms with Gasteiger partial charge >= 0.3 is 12.3 Å². The van der Waals surface area contributed by atoms with Crippen LogP contribution >= 0.6 is 11.6 Å². The van der Waals surface area contributed by atoms with E-state index in [0.717, 1.165) is 6.07 Å². The first-order chi connectivity index (χ1) is 11.0. The molecule has 1 aromatic heterocycles. The van der Waals surface area contributed by atoms with Gasteiger partial charge < -0.3 is 14.4 Å². The molecular formula is C15H18ClF3N2O3. The van der Waals surface area contributed by atoms with Crippen LogP contribution < -0.4 is 4.74 Å². The maximum Gasteiger partial charge on any atom is 0.417 e. The molecule has 1 unspecified atom stereocenters. The van der Waals surface area contributed by atoms with E-state index in [9.17, 15) is 18.0 Å². The number of carbonyl (C=O) groups is 1. The molecule has 0 aliphatic carbocycles. The fourth-order valence-corrected chi connectivity index (χ4v) is 2.35. The number of carbonyl (C=O) groups excluding carboxylic acids is 1. The van der Waals surface area contributed by atoms with Crippen LogP contribution in [0.4, 0.5) is 18.0 Å². The Kier molecular flexibility index (Phi) is 5.17. The van der Waals surface area contributed by atoms with E-state index < -0.39 is 29.5 Å². The highest BCUT2D eigenvalue weighted by Crippen LogP contribution is 2.33. The van der Waals surface area contributed by atoms with E-state index in [4.69, 9.17) is 21.1 Å². The lowest BCUT2D eigenvalue weighted by atomic mass is 10.2. The predicted molar refractivity (Wildman–Crippen MR) is 81.1 cm³/mol. The number of likely N-dealkylation sites (tertiary alicyclic amines) is 1. The highest BCUT2D eigenvalue weighted by atomic mass is 35.5.